The molecule has 0 amide bonds. The van der Waals surface area contributed by atoms with E-state index in [9.17, 15) is 4.79 Å². The smallest absolute Gasteiger partial charge is 0.356 e. The van der Waals surface area contributed by atoms with Crippen molar-refractivity contribution >= 4 is 52.2 Å². The van der Waals surface area contributed by atoms with Gasteiger partial charge in [-0.1, -0.05) is 40.4 Å². The molecule has 0 fully saturated rings. The van der Waals surface area contributed by atoms with Crippen LogP contribution in [0.25, 0.3) is 0 Å². The number of hydrazone groups is 1. The first-order chi connectivity index (χ1) is 9.40. The molecule has 1 aliphatic rings. The molecule has 2 N–H and O–H groups in total. The lowest BCUT2D eigenvalue weighted by atomic mass is 10.3. The number of rotatable bonds is 3. The lowest BCUT2D eigenvalue weighted by molar-refractivity contribution is 0.0691. The predicted molar refractivity (Wildman–Crippen MR) is 80.3 cm³/mol. The van der Waals surface area contributed by atoms with E-state index in [0.29, 0.717) is 0 Å². The molecule has 8 heteroatoms. The minimum Gasteiger partial charge on any atom is -0.476 e. The molecule has 0 spiro atoms. The maximum Gasteiger partial charge on any atom is 0.356 e. The van der Waals surface area contributed by atoms with Crippen molar-refractivity contribution in [3.8, 4) is 0 Å². The Balaban J connectivity index is 2.38. The summed E-state index contributed by atoms with van der Waals surface area (Å²) >= 11 is 17.7. The van der Waals surface area contributed by atoms with Crippen LogP contribution in [0.15, 0.2) is 16.8 Å². The molecule has 5 nitrogen and oxygen atoms in total. The number of carboxylic acid groups (broad SMARTS) is 1. The van der Waals surface area contributed by atoms with Gasteiger partial charge in [0.15, 0.2) is 10.8 Å². The van der Waals surface area contributed by atoms with Crippen molar-refractivity contribution in [1.82, 2.24) is 4.98 Å². The number of carboxylic acids is 1. The van der Waals surface area contributed by atoms with E-state index in [-0.39, 0.29) is 26.6 Å². The monoisotopic (exact) mass is 333 g/mol. The SMILES string of the molecule is CC1=C/C(=N\Nc2c(Cl)c(Cl)nc(C(=O)O)c2Cl)CC1. The third kappa shape index (κ3) is 3.06. The van der Waals surface area contributed by atoms with Gasteiger partial charge in [0.1, 0.15) is 10.0 Å². The van der Waals surface area contributed by atoms with Crippen molar-refractivity contribution in [2.45, 2.75) is 19.8 Å². The number of halogens is 3. The number of anilines is 1. The van der Waals surface area contributed by atoms with Crippen LogP contribution in [-0.2, 0) is 0 Å². The number of pyridine rings is 1. The summed E-state index contributed by atoms with van der Waals surface area (Å²) in [6.07, 6.45) is 3.69. The molecule has 0 unspecified atom stereocenters. The Hall–Kier alpha value is -1.30. The fourth-order valence-corrected chi connectivity index (χ4v) is 2.39. The highest BCUT2D eigenvalue weighted by Crippen LogP contribution is 2.37. The number of nitrogens with zero attached hydrogens (tertiary/aromatic N) is 2. The van der Waals surface area contributed by atoms with Crippen LogP contribution in [0.2, 0.25) is 15.2 Å². The van der Waals surface area contributed by atoms with Crippen LogP contribution in [-0.4, -0.2) is 21.8 Å². The minimum absolute atomic E-state index is 0.0321. The first kappa shape index (κ1) is 15.1. The highest BCUT2D eigenvalue weighted by Gasteiger charge is 2.21. The Bertz CT molecular complexity index is 641. The summed E-state index contributed by atoms with van der Waals surface area (Å²) in [6, 6.07) is 0. The average Bonchev–Trinajstić information content (AvgIpc) is 2.79. The molecule has 0 aliphatic heterocycles. The minimum atomic E-state index is -1.29. The summed E-state index contributed by atoms with van der Waals surface area (Å²) in [5, 5.41) is 12.9. The normalized spacial score (nSPS) is 16.4. The molecular formula is C12H10Cl3N3O2. The zero-order valence-electron chi connectivity index (χ0n) is 10.4. The van der Waals surface area contributed by atoms with Crippen molar-refractivity contribution in [1.29, 1.82) is 0 Å². The first-order valence-electron chi connectivity index (χ1n) is 5.67. The second kappa shape index (κ2) is 5.99. The van der Waals surface area contributed by atoms with E-state index in [4.69, 9.17) is 39.9 Å². The number of nitrogens with one attached hydrogen (secondary N) is 1. The van der Waals surface area contributed by atoms with Crippen LogP contribution in [0, 0.1) is 0 Å². The van der Waals surface area contributed by atoms with Gasteiger partial charge in [-0.25, -0.2) is 9.78 Å². The number of hydrogen-bond acceptors (Lipinski definition) is 4. The molecule has 0 radical (unpaired) electrons. The van der Waals surface area contributed by atoms with E-state index in [1.807, 2.05) is 13.0 Å². The van der Waals surface area contributed by atoms with Gasteiger partial charge in [-0.3, -0.25) is 5.43 Å². The van der Waals surface area contributed by atoms with E-state index >= 15 is 0 Å². The van der Waals surface area contributed by atoms with Gasteiger partial charge in [0.25, 0.3) is 0 Å². The Labute approximate surface area is 130 Å². The quantitative estimate of drug-likeness (QED) is 0.640. The molecule has 0 bridgehead atoms. The molecule has 0 saturated heterocycles. The lowest BCUT2D eigenvalue weighted by Crippen LogP contribution is -2.06. The van der Waals surface area contributed by atoms with Crippen LogP contribution in [0.5, 0.6) is 0 Å². The highest BCUT2D eigenvalue weighted by molar-refractivity contribution is 6.46. The van der Waals surface area contributed by atoms with E-state index in [2.05, 4.69) is 15.5 Å². The predicted octanol–water partition coefficient (Wildman–Crippen LogP) is 4.25. The highest BCUT2D eigenvalue weighted by atomic mass is 35.5. The van der Waals surface area contributed by atoms with Crippen molar-refractivity contribution in [2.24, 2.45) is 5.10 Å². The maximum absolute atomic E-state index is 11.0. The summed E-state index contributed by atoms with van der Waals surface area (Å²) in [6.45, 7) is 2.01. The molecule has 20 heavy (non-hydrogen) atoms. The second-order valence-corrected chi connectivity index (χ2v) is 5.38. The molecule has 1 aliphatic carbocycles. The Morgan fingerprint density at radius 3 is 2.60 bits per heavy atom. The third-order valence-corrected chi connectivity index (χ3v) is 3.85. The van der Waals surface area contributed by atoms with E-state index < -0.39 is 5.97 Å². The van der Waals surface area contributed by atoms with Crippen molar-refractivity contribution in [2.75, 3.05) is 5.43 Å². The van der Waals surface area contributed by atoms with Gasteiger partial charge in [0.2, 0.25) is 0 Å². The first-order valence-corrected chi connectivity index (χ1v) is 6.81. The molecule has 1 aromatic heterocycles. The van der Waals surface area contributed by atoms with Gasteiger partial charge >= 0.3 is 5.97 Å². The maximum atomic E-state index is 11.0. The summed E-state index contributed by atoms with van der Waals surface area (Å²) in [7, 11) is 0. The summed E-state index contributed by atoms with van der Waals surface area (Å²) < 4.78 is 0. The Morgan fingerprint density at radius 2 is 2.05 bits per heavy atom. The van der Waals surface area contributed by atoms with Crippen LogP contribution in [0.3, 0.4) is 0 Å². The van der Waals surface area contributed by atoms with E-state index in [0.717, 1.165) is 18.6 Å². The van der Waals surface area contributed by atoms with Crippen molar-refractivity contribution in [3.05, 3.63) is 32.5 Å². The standard InChI is InChI=1S/C12H10Cl3N3O2/c1-5-2-3-6(4-5)17-18-9-7(13)10(12(19)20)16-11(15)8(9)14/h4H,2-3H2,1H3,(H,16,18)(H,19,20)/b17-6-. The molecule has 0 atom stereocenters. The van der Waals surface area contributed by atoms with Crippen molar-refractivity contribution < 1.29 is 9.90 Å². The zero-order valence-corrected chi connectivity index (χ0v) is 12.6. The van der Waals surface area contributed by atoms with Crippen LogP contribution in [0.1, 0.15) is 30.3 Å². The van der Waals surface area contributed by atoms with Gasteiger partial charge in [-0.2, -0.15) is 5.10 Å². The largest absolute Gasteiger partial charge is 0.476 e. The summed E-state index contributed by atoms with van der Waals surface area (Å²) in [4.78, 5) is 14.6. The molecular weight excluding hydrogens is 325 g/mol. The Morgan fingerprint density at radius 1 is 1.35 bits per heavy atom. The molecule has 1 aromatic rings. The number of allylic oxidation sites excluding steroid dienone is 2. The fraction of sp³-hybridized carbons (Fsp3) is 0.250. The lowest BCUT2D eigenvalue weighted by Gasteiger charge is -2.10. The summed E-state index contributed by atoms with van der Waals surface area (Å²) in [5.41, 5.74) is 4.49. The number of aromatic nitrogens is 1. The van der Waals surface area contributed by atoms with Gasteiger partial charge in [0.05, 0.1) is 11.4 Å². The van der Waals surface area contributed by atoms with Gasteiger partial charge in [-0.05, 0) is 25.8 Å². The number of hydrogen-bond donors (Lipinski definition) is 2. The third-order valence-electron chi connectivity index (χ3n) is 2.74. The summed E-state index contributed by atoms with van der Waals surface area (Å²) in [5.74, 6) is -1.29. The molecule has 2 rings (SSSR count). The second-order valence-electron chi connectivity index (χ2n) is 4.26. The molecule has 1 heterocycles. The average molecular weight is 335 g/mol. The number of aromatic carboxylic acids is 1. The van der Waals surface area contributed by atoms with Gasteiger partial charge in [0, 0.05) is 0 Å². The van der Waals surface area contributed by atoms with Gasteiger partial charge < -0.3 is 5.11 Å². The van der Waals surface area contributed by atoms with Crippen molar-refractivity contribution in [3.63, 3.8) is 0 Å². The van der Waals surface area contributed by atoms with Gasteiger partial charge in [-0.15, -0.1) is 0 Å². The van der Waals surface area contributed by atoms with Crippen LogP contribution >= 0.6 is 34.8 Å². The topological polar surface area (TPSA) is 74.6 Å². The van der Waals surface area contributed by atoms with E-state index in [1.165, 1.54) is 5.57 Å². The van der Waals surface area contributed by atoms with Crippen LogP contribution < -0.4 is 5.43 Å². The zero-order chi connectivity index (χ0) is 14.9. The molecule has 0 saturated carbocycles. The Kier molecular flexibility index (Phi) is 4.52. The fourth-order valence-electron chi connectivity index (χ4n) is 1.72. The molecule has 0 aromatic carbocycles. The van der Waals surface area contributed by atoms with Crippen LogP contribution in [0.4, 0.5) is 5.69 Å². The molecule has 106 valence electrons. The number of carbonyl (C=O) groups is 1. The van der Waals surface area contributed by atoms with E-state index in [1.54, 1.807) is 0 Å².